The Balaban J connectivity index is 1.59. The van der Waals surface area contributed by atoms with Gasteiger partial charge in [0.05, 0.1) is 23.7 Å². The average Bonchev–Trinajstić information content (AvgIpc) is 3.58. The molecule has 1 aromatic rings. The number of hydrogen-bond acceptors (Lipinski definition) is 6. The SMILES string of the molecule is CN(C)S(=O)(=O)c1ccc(N2CCOCC2)c(C(=O)N2CCN(CC3CC3)CC2)c1. The van der Waals surface area contributed by atoms with Crippen molar-refractivity contribution in [1.29, 1.82) is 0 Å². The van der Waals surface area contributed by atoms with Gasteiger partial charge in [0.1, 0.15) is 0 Å². The molecular weight excluding hydrogens is 404 g/mol. The summed E-state index contributed by atoms with van der Waals surface area (Å²) < 4.78 is 32.0. The topological polar surface area (TPSA) is 73.4 Å². The van der Waals surface area contributed by atoms with Gasteiger partial charge in [-0.3, -0.25) is 9.69 Å². The van der Waals surface area contributed by atoms with E-state index in [4.69, 9.17) is 4.74 Å². The van der Waals surface area contributed by atoms with Crippen molar-refractivity contribution in [2.45, 2.75) is 17.7 Å². The number of carbonyl (C=O) groups excluding carboxylic acids is 1. The number of hydrogen-bond donors (Lipinski definition) is 0. The van der Waals surface area contributed by atoms with Gasteiger partial charge in [0.25, 0.3) is 5.91 Å². The molecule has 0 aromatic heterocycles. The molecule has 1 saturated carbocycles. The zero-order valence-corrected chi connectivity index (χ0v) is 18.7. The second kappa shape index (κ2) is 8.82. The third-order valence-electron chi connectivity index (χ3n) is 6.20. The minimum absolute atomic E-state index is 0.0848. The normalized spacial score (nSPS) is 21.3. The zero-order valence-electron chi connectivity index (χ0n) is 17.9. The van der Waals surface area contributed by atoms with Crippen LogP contribution in [0.5, 0.6) is 0 Å². The molecule has 30 heavy (non-hydrogen) atoms. The first-order valence-electron chi connectivity index (χ1n) is 10.8. The van der Waals surface area contributed by atoms with Gasteiger partial charge in [-0.2, -0.15) is 0 Å². The van der Waals surface area contributed by atoms with Crippen molar-refractivity contribution < 1.29 is 17.9 Å². The Morgan fingerprint density at radius 1 is 1.07 bits per heavy atom. The van der Waals surface area contributed by atoms with Gasteiger partial charge in [-0.05, 0) is 37.0 Å². The fourth-order valence-corrected chi connectivity index (χ4v) is 5.04. The highest BCUT2D eigenvalue weighted by Crippen LogP contribution is 2.31. The number of piperazine rings is 1. The van der Waals surface area contributed by atoms with Crippen molar-refractivity contribution in [1.82, 2.24) is 14.1 Å². The molecule has 2 aliphatic heterocycles. The van der Waals surface area contributed by atoms with Gasteiger partial charge in [-0.1, -0.05) is 0 Å². The molecule has 9 heteroatoms. The maximum atomic E-state index is 13.5. The van der Waals surface area contributed by atoms with Gasteiger partial charge in [0.15, 0.2) is 0 Å². The van der Waals surface area contributed by atoms with Gasteiger partial charge < -0.3 is 14.5 Å². The molecule has 0 atom stereocenters. The third-order valence-corrected chi connectivity index (χ3v) is 8.01. The standard InChI is InChI=1S/C21H32N4O4S/c1-22(2)30(27,28)18-5-6-20(24-11-13-29-14-12-24)19(15-18)21(26)25-9-7-23(8-10-25)16-17-3-4-17/h5-6,15,17H,3-4,7-14,16H2,1-2H3. The van der Waals surface area contributed by atoms with Gasteiger partial charge >= 0.3 is 0 Å². The summed E-state index contributed by atoms with van der Waals surface area (Å²) in [6.07, 6.45) is 2.66. The van der Waals surface area contributed by atoms with Crippen LogP contribution in [0.15, 0.2) is 23.1 Å². The largest absolute Gasteiger partial charge is 0.378 e. The van der Waals surface area contributed by atoms with E-state index in [1.165, 1.54) is 31.2 Å². The molecule has 1 aromatic carbocycles. The van der Waals surface area contributed by atoms with Crippen LogP contribution in [0.2, 0.25) is 0 Å². The van der Waals surface area contributed by atoms with Crippen LogP contribution in [0.25, 0.3) is 0 Å². The predicted octanol–water partition coefficient (Wildman–Crippen LogP) is 0.941. The van der Waals surface area contributed by atoms with Crippen LogP contribution in [0.4, 0.5) is 5.69 Å². The number of rotatable bonds is 6. The third kappa shape index (κ3) is 4.64. The fraction of sp³-hybridized carbons (Fsp3) is 0.667. The summed E-state index contributed by atoms with van der Waals surface area (Å²) in [7, 11) is -0.604. The molecule has 0 spiro atoms. The number of morpholine rings is 1. The summed E-state index contributed by atoms with van der Waals surface area (Å²) in [5.41, 5.74) is 1.26. The van der Waals surface area contributed by atoms with Crippen molar-refractivity contribution in [3.05, 3.63) is 23.8 Å². The van der Waals surface area contributed by atoms with Crippen LogP contribution in [0.3, 0.4) is 0 Å². The van der Waals surface area contributed by atoms with E-state index in [1.807, 2.05) is 4.90 Å². The smallest absolute Gasteiger partial charge is 0.256 e. The number of ether oxygens (including phenoxy) is 1. The molecule has 1 amide bonds. The van der Waals surface area contributed by atoms with Crippen LogP contribution in [-0.4, -0.2) is 102 Å². The maximum Gasteiger partial charge on any atom is 0.256 e. The molecule has 1 aliphatic carbocycles. The van der Waals surface area contributed by atoms with Crippen molar-refractivity contribution in [2.75, 3.05) is 78.0 Å². The Morgan fingerprint density at radius 3 is 2.33 bits per heavy atom. The van der Waals surface area contributed by atoms with E-state index in [0.717, 1.165) is 31.2 Å². The van der Waals surface area contributed by atoms with Crippen molar-refractivity contribution in [2.24, 2.45) is 5.92 Å². The van der Waals surface area contributed by atoms with E-state index in [9.17, 15) is 13.2 Å². The molecule has 0 unspecified atom stereocenters. The van der Waals surface area contributed by atoms with E-state index in [2.05, 4.69) is 9.80 Å². The number of carbonyl (C=O) groups is 1. The highest BCUT2D eigenvalue weighted by molar-refractivity contribution is 7.89. The average molecular weight is 437 g/mol. The Kier molecular flexibility index (Phi) is 6.34. The fourth-order valence-electron chi connectivity index (χ4n) is 4.11. The van der Waals surface area contributed by atoms with Crippen LogP contribution < -0.4 is 4.90 Å². The lowest BCUT2D eigenvalue weighted by Gasteiger charge is -2.36. The van der Waals surface area contributed by atoms with Gasteiger partial charge in [0.2, 0.25) is 10.0 Å². The Morgan fingerprint density at radius 2 is 1.73 bits per heavy atom. The summed E-state index contributed by atoms with van der Waals surface area (Å²) >= 11 is 0. The van der Waals surface area contributed by atoms with Crippen molar-refractivity contribution in [3.63, 3.8) is 0 Å². The summed E-state index contributed by atoms with van der Waals surface area (Å²) in [6.45, 7) is 6.84. The molecule has 2 saturated heterocycles. The highest BCUT2D eigenvalue weighted by Gasteiger charge is 2.30. The minimum Gasteiger partial charge on any atom is -0.378 e. The molecule has 4 rings (SSSR count). The number of sulfonamides is 1. The molecule has 3 fully saturated rings. The lowest BCUT2D eigenvalue weighted by molar-refractivity contribution is 0.0631. The van der Waals surface area contributed by atoms with Gasteiger partial charge in [0, 0.05) is 65.6 Å². The second-order valence-corrected chi connectivity index (χ2v) is 10.8. The number of amides is 1. The predicted molar refractivity (Wildman–Crippen MR) is 115 cm³/mol. The van der Waals surface area contributed by atoms with Crippen LogP contribution in [0.1, 0.15) is 23.2 Å². The number of nitrogens with zero attached hydrogens (tertiary/aromatic N) is 4. The molecule has 3 aliphatic rings. The van der Waals surface area contributed by atoms with E-state index in [0.29, 0.717) is 45.0 Å². The first kappa shape index (κ1) is 21.5. The number of benzene rings is 1. The summed E-state index contributed by atoms with van der Waals surface area (Å²) in [6, 6.07) is 4.93. The molecule has 2 heterocycles. The van der Waals surface area contributed by atoms with Crippen LogP contribution >= 0.6 is 0 Å². The van der Waals surface area contributed by atoms with Crippen molar-refractivity contribution >= 4 is 21.6 Å². The monoisotopic (exact) mass is 436 g/mol. The molecule has 166 valence electrons. The van der Waals surface area contributed by atoms with Gasteiger partial charge in [-0.15, -0.1) is 0 Å². The summed E-state index contributed by atoms with van der Waals surface area (Å²) in [4.78, 5) is 20.1. The number of anilines is 1. The molecule has 0 radical (unpaired) electrons. The summed E-state index contributed by atoms with van der Waals surface area (Å²) in [5, 5.41) is 0. The molecule has 8 nitrogen and oxygen atoms in total. The lowest BCUT2D eigenvalue weighted by atomic mass is 10.1. The molecule has 0 bridgehead atoms. The van der Waals surface area contributed by atoms with E-state index < -0.39 is 10.0 Å². The van der Waals surface area contributed by atoms with E-state index >= 15 is 0 Å². The maximum absolute atomic E-state index is 13.5. The van der Waals surface area contributed by atoms with E-state index in [-0.39, 0.29) is 10.8 Å². The first-order valence-corrected chi connectivity index (χ1v) is 12.2. The van der Waals surface area contributed by atoms with Crippen LogP contribution in [-0.2, 0) is 14.8 Å². The van der Waals surface area contributed by atoms with Crippen LogP contribution in [0, 0.1) is 5.92 Å². The van der Waals surface area contributed by atoms with Gasteiger partial charge in [-0.25, -0.2) is 12.7 Å². The Bertz CT molecular complexity index is 871. The quantitative estimate of drug-likeness (QED) is 0.661. The summed E-state index contributed by atoms with van der Waals surface area (Å²) in [5.74, 6) is 0.756. The zero-order chi connectivity index (χ0) is 21.3. The molecule has 0 N–H and O–H groups in total. The Labute approximate surface area is 179 Å². The van der Waals surface area contributed by atoms with E-state index in [1.54, 1.807) is 18.2 Å². The minimum atomic E-state index is -3.62. The second-order valence-electron chi connectivity index (χ2n) is 8.60. The lowest BCUT2D eigenvalue weighted by Crippen LogP contribution is -2.49. The highest BCUT2D eigenvalue weighted by atomic mass is 32.2. The Hall–Kier alpha value is -1.68. The van der Waals surface area contributed by atoms with Crippen molar-refractivity contribution in [3.8, 4) is 0 Å². The molecular formula is C21H32N4O4S. The first-order chi connectivity index (χ1) is 14.4.